The van der Waals surface area contributed by atoms with Crippen LogP contribution in [-0.4, -0.2) is 23.6 Å². The highest BCUT2D eigenvalue weighted by Crippen LogP contribution is 2.21. The van der Waals surface area contributed by atoms with Crippen molar-refractivity contribution in [2.45, 2.75) is 32.2 Å². The van der Waals surface area contributed by atoms with Crippen molar-refractivity contribution in [1.82, 2.24) is 5.32 Å². The predicted molar refractivity (Wildman–Crippen MR) is 72.8 cm³/mol. The Morgan fingerprint density at radius 1 is 1.50 bits per heavy atom. The van der Waals surface area contributed by atoms with Crippen LogP contribution >= 0.6 is 0 Å². The summed E-state index contributed by atoms with van der Waals surface area (Å²) in [5.41, 5.74) is 8.48. The SMILES string of the molecule is CC(CNC1CCc2ccccc2C1)C(N)=NO. The Morgan fingerprint density at radius 2 is 2.22 bits per heavy atom. The fourth-order valence-electron chi connectivity index (χ4n) is 2.42. The van der Waals surface area contributed by atoms with Gasteiger partial charge in [-0.25, -0.2) is 0 Å². The van der Waals surface area contributed by atoms with Crippen molar-refractivity contribution in [1.29, 1.82) is 0 Å². The monoisotopic (exact) mass is 247 g/mol. The Morgan fingerprint density at radius 3 is 2.94 bits per heavy atom. The summed E-state index contributed by atoms with van der Waals surface area (Å²) in [7, 11) is 0. The van der Waals surface area contributed by atoms with Gasteiger partial charge < -0.3 is 16.3 Å². The predicted octanol–water partition coefficient (Wildman–Crippen LogP) is 1.52. The zero-order valence-electron chi connectivity index (χ0n) is 10.8. The number of hydrogen-bond donors (Lipinski definition) is 3. The number of benzene rings is 1. The van der Waals surface area contributed by atoms with Gasteiger partial charge in [0.05, 0.1) is 0 Å². The molecule has 4 N–H and O–H groups in total. The van der Waals surface area contributed by atoms with E-state index in [2.05, 4.69) is 34.7 Å². The first-order valence-electron chi connectivity index (χ1n) is 6.48. The molecule has 0 aromatic heterocycles. The molecule has 18 heavy (non-hydrogen) atoms. The lowest BCUT2D eigenvalue weighted by atomic mass is 9.88. The molecule has 2 unspecified atom stereocenters. The molecule has 1 aliphatic carbocycles. The Labute approximate surface area is 108 Å². The van der Waals surface area contributed by atoms with Crippen LogP contribution in [0.1, 0.15) is 24.5 Å². The number of hydrogen-bond acceptors (Lipinski definition) is 3. The standard InChI is InChI=1S/C14H21N3O/c1-10(14(15)17-18)9-16-13-7-6-11-4-2-3-5-12(11)8-13/h2-5,10,13,16,18H,6-9H2,1H3,(H2,15,17). The molecule has 0 bridgehead atoms. The molecule has 1 aromatic rings. The van der Waals surface area contributed by atoms with E-state index >= 15 is 0 Å². The van der Waals surface area contributed by atoms with Crippen molar-refractivity contribution in [3.63, 3.8) is 0 Å². The van der Waals surface area contributed by atoms with Gasteiger partial charge >= 0.3 is 0 Å². The van der Waals surface area contributed by atoms with E-state index in [0.29, 0.717) is 11.9 Å². The molecule has 4 heteroatoms. The van der Waals surface area contributed by atoms with Crippen molar-refractivity contribution < 1.29 is 5.21 Å². The van der Waals surface area contributed by atoms with Crippen LogP contribution in [-0.2, 0) is 12.8 Å². The van der Waals surface area contributed by atoms with Crippen LogP contribution in [0.2, 0.25) is 0 Å². The molecule has 98 valence electrons. The van der Waals surface area contributed by atoms with E-state index in [9.17, 15) is 0 Å². The number of nitrogens with one attached hydrogen (secondary N) is 1. The summed E-state index contributed by atoms with van der Waals surface area (Å²) in [6.07, 6.45) is 3.35. The lowest BCUT2D eigenvalue weighted by Gasteiger charge is -2.26. The molecule has 0 aliphatic heterocycles. The van der Waals surface area contributed by atoms with Crippen LogP contribution in [0.5, 0.6) is 0 Å². The second-order valence-corrected chi connectivity index (χ2v) is 5.04. The van der Waals surface area contributed by atoms with Crippen LogP contribution in [0.15, 0.2) is 29.4 Å². The van der Waals surface area contributed by atoms with Gasteiger partial charge in [-0.05, 0) is 30.4 Å². The number of fused-ring (bicyclic) bond motifs is 1. The first kappa shape index (κ1) is 12.9. The summed E-state index contributed by atoms with van der Waals surface area (Å²) in [4.78, 5) is 0. The third-order valence-electron chi connectivity index (χ3n) is 3.68. The smallest absolute Gasteiger partial charge is 0.143 e. The molecule has 0 amide bonds. The van der Waals surface area contributed by atoms with E-state index in [0.717, 1.165) is 25.8 Å². The molecule has 0 heterocycles. The maximum absolute atomic E-state index is 8.61. The van der Waals surface area contributed by atoms with Crippen molar-refractivity contribution in [2.24, 2.45) is 16.8 Å². The average molecular weight is 247 g/mol. The Bertz CT molecular complexity index is 431. The first-order valence-corrected chi connectivity index (χ1v) is 6.48. The van der Waals surface area contributed by atoms with Gasteiger partial charge in [0.15, 0.2) is 0 Å². The molecule has 0 fully saturated rings. The molecule has 2 rings (SSSR count). The van der Waals surface area contributed by atoms with Crippen molar-refractivity contribution >= 4 is 5.84 Å². The maximum atomic E-state index is 8.61. The minimum absolute atomic E-state index is 0.0622. The summed E-state index contributed by atoms with van der Waals surface area (Å²) >= 11 is 0. The Balaban J connectivity index is 1.87. The molecular formula is C14H21N3O. The topological polar surface area (TPSA) is 70.6 Å². The van der Waals surface area contributed by atoms with E-state index in [1.807, 2.05) is 6.92 Å². The van der Waals surface area contributed by atoms with E-state index in [-0.39, 0.29) is 5.92 Å². The fraction of sp³-hybridized carbons (Fsp3) is 0.500. The second-order valence-electron chi connectivity index (χ2n) is 5.04. The van der Waals surface area contributed by atoms with Crippen molar-refractivity contribution in [3.8, 4) is 0 Å². The number of aryl methyl sites for hydroxylation is 1. The molecule has 0 radical (unpaired) electrons. The van der Waals surface area contributed by atoms with E-state index in [1.165, 1.54) is 11.1 Å². The number of oxime groups is 1. The Kier molecular flexibility index (Phi) is 4.20. The molecule has 1 aromatic carbocycles. The van der Waals surface area contributed by atoms with E-state index in [4.69, 9.17) is 10.9 Å². The van der Waals surface area contributed by atoms with Gasteiger partial charge in [-0.2, -0.15) is 0 Å². The number of nitrogens with two attached hydrogens (primary N) is 1. The second kappa shape index (κ2) is 5.87. The Hall–Kier alpha value is -1.55. The van der Waals surface area contributed by atoms with Crippen LogP contribution in [0.4, 0.5) is 0 Å². The largest absolute Gasteiger partial charge is 0.409 e. The molecule has 2 atom stereocenters. The quantitative estimate of drug-likeness (QED) is 0.327. The van der Waals surface area contributed by atoms with E-state index < -0.39 is 0 Å². The molecule has 4 nitrogen and oxygen atoms in total. The highest BCUT2D eigenvalue weighted by molar-refractivity contribution is 5.82. The lowest BCUT2D eigenvalue weighted by molar-refractivity contribution is 0.313. The van der Waals surface area contributed by atoms with Crippen LogP contribution < -0.4 is 11.1 Å². The number of nitrogens with zero attached hydrogens (tertiary/aromatic N) is 1. The summed E-state index contributed by atoms with van der Waals surface area (Å²) in [6.45, 7) is 2.71. The van der Waals surface area contributed by atoms with Crippen molar-refractivity contribution in [2.75, 3.05) is 6.54 Å². The number of amidine groups is 1. The maximum Gasteiger partial charge on any atom is 0.143 e. The zero-order chi connectivity index (χ0) is 13.0. The van der Waals surface area contributed by atoms with Crippen LogP contribution in [0.25, 0.3) is 0 Å². The summed E-state index contributed by atoms with van der Waals surface area (Å²) in [5.74, 6) is 0.353. The van der Waals surface area contributed by atoms with Gasteiger partial charge in [0.1, 0.15) is 5.84 Å². The minimum Gasteiger partial charge on any atom is -0.409 e. The van der Waals surface area contributed by atoms with Crippen molar-refractivity contribution in [3.05, 3.63) is 35.4 Å². The summed E-state index contributed by atoms with van der Waals surface area (Å²) in [5, 5.41) is 15.2. The molecule has 0 saturated heterocycles. The zero-order valence-corrected chi connectivity index (χ0v) is 10.8. The lowest BCUT2D eigenvalue weighted by Crippen LogP contribution is -2.40. The van der Waals surface area contributed by atoms with Gasteiger partial charge in [-0.1, -0.05) is 36.3 Å². The first-order chi connectivity index (χ1) is 8.70. The fourth-order valence-corrected chi connectivity index (χ4v) is 2.42. The van der Waals surface area contributed by atoms with E-state index in [1.54, 1.807) is 0 Å². The van der Waals surface area contributed by atoms with Gasteiger partial charge in [0, 0.05) is 18.5 Å². The minimum atomic E-state index is 0.0622. The van der Waals surface area contributed by atoms with Gasteiger partial charge in [-0.15, -0.1) is 0 Å². The molecular weight excluding hydrogens is 226 g/mol. The van der Waals surface area contributed by atoms with Gasteiger partial charge in [-0.3, -0.25) is 0 Å². The normalized spacial score (nSPS) is 21.4. The van der Waals surface area contributed by atoms with Crippen LogP contribution in [0, 0.1) is 5.92 Å². The average Bonchev–Trinajstić information content (AvgIpc) is 2.43. The highest BCUT2D eigenvalue weighted by Gasteiger charge is 2.18. The summed E-state index contributed by atoms with van der Waals surface area (Å²) in [6, 6.07) is 9.11. The van der Waals surface area contributed by atoms with Gasteiger partial charge in [0.2, 0.25) is 0 Å². The molecule has 0 saturated carbocycles. The highest BCUT2D eigenvalue weighted by atomic mass is 16.4. The van der Waals surface area contributed by atoms with Gasteiger partial charge in [0.25, 0.3) is 0 Å². The molecule has 1 aliphatic rings. The molecule has 0 spiro atoms. The third kappa shape index (κ3) is 3.01. The number of rotatable bonds is 4. The van der Waals surface area contributed by atoms with Crippen LogP contribution in [0.3, 0.4) is 0 Å². The summed E-state index contributed by atoms with van der Waals surface area (Å²) < 4.78 is 0. The third-order valence-corrected chi connectivity index (χ3v) is 3.68.